The van der Waals surface area contributed by atoms with Crippen LogP contribution in [0, 0.1) is 11.3 Å². The molecule has 1 unspecified atom stereocenters. The highest BCUT2D eigenvalue weighted by atomic mass is 19.3. The number of hydrogen-bond acceptors (Lipinski definition) is 6. The summed E-state index contributed by atoms with van der Waals surface area (Å²) in [4.78, 5) is 6.63. The first kappa shape index (κ1) is 23.4. The quantitative estimate of drug-likeness (QED) is 0.527. The predicted octanol–water partition coefficient (Wildman–Crippen LogP) is 5.05. The van der Waals surface area contributed by atoms with Crippen molar-refractivity contribution in [1.82, 2.24) is 10.4 Å². The summed E-state index contributed by atoms with van der Waals surface area (Å²) in [5.74, 6) is 0.0619. The van der Waals surface area contributed by atoms with E-state index >= 15 is 0 Å². The molecule has 0 spiro atoms. The lowest BCUT2D eigenvalue weighted by molar-refractivity contribution is -0.0498. The summed E-state index contributed by atoms with van der Waals surface area (Å²) in [5.41, 5.74) is 9.30. The third-order valence-electron chi connectivity index (χ3n) is 4.52. The summed E-state index contributed by atoms with van der Waals surface area (Å²) in [6.45, 7) is 7.17. The van der Waals surface area contributed by atoms with Crippen molar-refractivity contribution in [3.05, 3.63) is 47.8 Å². The first-order valence-electron chi connectivity index (χ1n) is 9.93. The van der Waals surface area contributed by atoms with Gasteiger partial charge in [0, 0.05) is 23.8 Å². The maximum Gasteiger partial charge on any atom is 0.387 e. The molecule has 1 atom stereocenters. The van der Waals surface area contributed by atoms with Gasteiger partial charge in [0.2, 0.25) is 0 Å². The summed E-state index contributed by atoms with van der Waals surface area (Å²) < 4.78 is 30.0. The Kier molecular flexibility index (Phi) is 8.36. The van der Waals surface area contributed by atoms with Gasteiger partial charge in [-0.1, -0.05) is 6.07 Å². The molecule has 6 nitrogen and oxygen atoms in total. The molecule has 1 aromatic heterocycles. The fourth-order valence-corrected chi connectivity index (χ4v) is 3.23. The van der Waals surface area contributed by atoms with Crippen molar-refractivity contribution in [2.45, 2.75) is 65.8 Å². The standard InChI is InChI=1S/C22H29F2N5O/c1-14(2)27-28-18-7-9-20(26-13-18)16(5)29(15(3)4)21-12-19(30-22(23)24)8-6-17(21)10-11-25/h6-9,12-16,22,27-28H,10H2,1-5H3. The van der Waals surface area contributed by atoms with Crippen LogP contribution in [-0.4, -0.2) is 23.7 Å². The number of pyridine rings is 1. The molecule has 2 aromatic rings. The molecule has 0 saturated carbocycles. The number of nitrogens with one attached hydrogen (secondary N) is 2. The van der Waals surface area contributed by atoms with Gasteiger partial charge in [0.1, 0.15) is 5.75 Å². The summed E-state index contributed by atoms with van der Waals surface area (Å²) in [7, 11) is 0. The van der Waals surface area contributed by atoms with Gasteiger partial charge in [-0.3, -0.25) is 4.98 Å². The number of alkyl halides is 2. The van der Waals surface area contributed by atoms with Gasteiger partial charge in [-0.25, -0.2) is 5.43 Å². The molecule has 0 radical (unpaired) electrons. The third kappa shape index (κ3) is 6.29. The van der Waals surface area contributed by atoms with Crippen LogP contribution in [0.3, 0.4) is 0 Å². The summed E-state index contributed by atoms with van der Waals surface area (Å²) in [5, 5.41) is 9.21. The zero-order chi connectivity index (χ0) is 22.3. The third-order valence-corrected chi connectivity index (χ3v) is 4.52. The number of aromatic nitrogens is 1. The Morgan fingerprint density at radius 1 is 1.13 bits per heavy atom. The van der Waals surface area contributed by atoms with Crippen molar-refractivity contribution >= 4 is 11.4 Å². The maximum atomic E-state index is 12.7. The van der Waals surface area contributed by atoms with Gasteiger partial charge in [-0.05, 0) is 58.4 Å². The van der Waals surface area contributed by atoms with Gasteiger partial charge < -0.3 is 15.1 Å². The monoisotopic (exact) mass is 417 g/mol. The van der Waals surface area contributed by atoms with E-state index in [0.29, 0.717) is 5.69 Å². The molecule has 1 heterocycles. The van der Waals surface area contributed by atoms with E-state index in [9.17, 15) is 14.0 Å². The molecule has 0 bridgehead atoms. The Labute approximate surface area is 176 Å². The zero-order valence-corrected chi connectivity index (χ0v) is 18.0. The second-order valence-corrected chi connectivity index (χ2v) is 7.58. The number of nitrogens with zero attached hydrogens (tertiary/aromatic N) is 3. The molecule has 0 aliphatic carbocycles. The van der Waals surface area contributed by atoms with Crippen LogP contribution in [0.2, 0.25) is 0 Å². The van der Waals surface area contributed by atoms with Crippen molar-refractivity contribution in [2.75, 3.05) is 10.3 Å². The van der Waals surface area contributed by atoms with Gasteiger partial charge in [-0.2, -0.15) is 14.0 Å². The molecular formula is C22H29F2N5O. The smallest absolute Gasteiger partial charge is 0.387 e. The Morgan fingerprint density at radius 2 is 1.87 bits per heavy atom. The first-order chi connectivity index (χ1) is 14.2. The molecule has 0 saturated heterocycles. The SMILES string of the molecule is CC(C)NNc1ccc(C(C)N(c2cc(OC(F)F)ccc2CC#N)C(C)C)nc1. The van der Waals surface area contributed by atoms with Crippen LogP contribution < -0.4 is 20.5 Å². The second-order valence-electron chi connectivity index (χ2n) is 7.58. The van der Waals surface area contributed by atoms with E-state index in [4.69, 9.17) is 0 Å². The molecule has 1 aromatic carbocycles. The number of benzene rings is 1. The van der Waals surface area contributed by atoms with Crippen molar-refractivity contribution in [2.24, 2.45) is 0 Å². The summed E-state index contributed by atoms with van der Waals surface area (Å²) in [6.07, 6.45) is 1.91. The first-order valence-corrected chi connectivity index (χ1v) is 9.93. The van der Waals surface area contributed by atoms with Crippen LogP contribution in [-0.2, 0) is 6.42 Å². The normalized spacial score (nSPS) is 12.2. The highest BCUT2D eigenvalue weighted by Crippen LogP contribution is 2.35. The average Bonchev–Trinajstić information content (AvgIpc) is 2.68. The average molecular weight is 418 g/mol. The molecule has 0 aliphatic rings. The highest BCUT2D eigenvalue weighted by Gasteiger charge is 2.24. The second kappa shape index (κ2) is 10.7. The molecule has 0 aliphatic heterocycles. The van der Waals surface area contributed by atoms with E-state index in [2.05, 4.69) is 31.5 Å². The molecular weight excluding hydrogens is 388 g/mol. The van der Waals surface area contributed by atoms with E-state index in [0.717, 1.165) is 16.9 Å². The molecule has 8 heteroatoms. The fraction of sp³-hybridized carbons (Fsp3) is 0.455. The zero-order valence-electron chi connectivity index (χ0n) is 18.0. The molecule has 162 valence electrons. The Bertz CT molecular complexity index is 850. The maximum absolute atomic E-state index is 12.7. The van der Waals surface area contributed by atoms with Crippen LogP contribution in [0.1, 0.15) is 51.9 Å². The number of hydrazine groups is 1. The minimum atomic E-state index is -2.91. The van der Waals surface area contributed by atoms with Gasteiger partial charge in [0.25, 0.3) is 0 Å². The van der Waals surface area contributed by atoms with Crippen molar-refractivity contribution in [1.29, 1.82) is 5.26 Å². The number of halogens is 2. The minimum Gasteiger partial charge on any atom is -0.435 e. The Hall–Kier alpha value is -2.92. The Morgan fingerprint density at radius 3 is 2.40 bits per heavy atom. The van der Waals surface area contributed by atoms with Crippen LogP contribution in [0.15, 0.2) is 36.5 Å². The van der Waals surface area contributed by atoms with Crippen molar-refractivity contribution < 1.29 is 13.5 Å². The van der Waals surface area contributed by atoms with E-state index in [1.807, 2.05) is 46.8 Å². The molecule has 2 rings (SSSR count). The minimum absolute atomic E-state index is 0.0291. The largest absolute Gasteiger partial charge is 0.435 e. The number of ether oxygens (including phenoxy) is 1. The van der Waals surface area contributed by atoms with Gasteiger partial charge in [0.05, 0.1) is 36.1 Å². The number of hydrogen-bond donors (Lipinski definition) is 2. The molecule has 30 heavy (non-hydrogen) atoms. The lowest BCUT2D eigenvalue weighted by atomic mass is 10.0. The Balaban J connectivity index is 2.37. The van der Waals surface area contributed by atoms with E-state index in [1.165, 1.54) is 6.07 Å². The van der Waals surface area contributed by atoms with Gasteiger partial charge >= 0.3 is 6.61 Å². The van der Waals surface area contributed by atoms with Crippen molar-refractivity contribution in [3.63, 3.8) is 0 Å². The number of rotatable bonds is 10. The van der Waals surface area contributed by atoms with Gasteiger partial charge in [0.15, 0.2) is 0 Å². The number of nitriles is 1. The molecule has 0 amide bonds. The van der Waals surface area contributed by atoms with E-state index < -0.39 is 6.61 Å². The highest BCUT2D eigenvalue weighted by molar-refractivity contribution is 5.60. The summed E-state index contributed by atoms with van der Waals surface area (Å²) in [6, 6.07) is 10.8. The topological polar surface area (TPSA) is 73.2 Å². The number of anilines is 2. The van der Waals surface area contributed by atoms with Crippen LogP contribution in [0.5, 0.6) is 5.75 Å². The fourth-order valence-electron chi connectivity index (χ4n) is 3.23. The van der Waals surface area contributed by atoms with E-state index in [-0.39, 0.29) is 30.3 Å². The van der Waals surface area contributed by atoms with Crippen LogP contribution in [0.4, 0.5) is 20.2 Å². The lowest BCUT2D eigenvalue weighted by Crippen LogP contribution is -2.35. The van der Waals surface area contributed by atoms with Gasteiger partial charge in [-0.15, -0.1) is 0 Å². The van der Waals surface area contributed by atoms with Crippen molar-refractivity contribution in [3.8, 4) is 11.8 Å². The summed E-state index contributed by atoms with van der Waals surface area (Å²) >= 11 is 0. The molecule has 0 fully saturated rings. The van der Waals surface area contributed by atoms with Crippen LogP contribution in [0.25, 0.3) is 0 Å². The van der Waals surface area contributed by atoms with Crippen LogP contribution >= 0.6 is 0 Å². The van der Waals surface area contributed by atoms with E-state index in [1.54, 1.807) is 18.3 Å². The lowest BCUT2D eigenvalue weighted by Gasteiger charge is -2.36. The molecule has 2 N–H and O–H groups in total. The predicted molar refractivity (Wildman–Crippen MR) is 115 cm³/mol.